The Morgan fingerprint density at radius 2 is 1.96 bits per heavy atom. The number of hydrogen-bond donors (Lipinski definition) is 0. The van der Waals surface area contributed by atoms with Gasteiger partial charge in [-0.05, 0) is 30.5 Å². The average Bonchev–Trinajstić information content (AvgIpc) is 2.96. The highest BCUT2D eigenvalue weighted by Gasteiger charge is 2.48. The van der Waals surface area contributed by atoms with Crippen molar-refractivity contribution in [3.05, 3.63) is 34.3 Å². The topological polar surface area (TPSA) is 41.9 Å². The molecule has 2 fully saturated rings. The van der Waals surface area contributed by atoms with E-state index in [-0.39, 0.29) is 17.9 Å². The van der Waals surface area contributed by atoms with Gasteiger partial charge in [0, 0.05) is 23.2 Å². The molecule has 1 aliphatic carbocycles. The van der Waals surface area contributed by atoms with Gasteiger partial charge in [0.2, 0.25) is 5.91 Å². The first-order valence-corrected chi connectivity index (χ1v) is 9.19. The molecule has 122 valence electrons. The maximum absolute atomic E-state index is 12.2. The van der Waals surface area contributed by atoms with E-state index >= 15 is 0 Å². The van der Waals surface area contributed by atoms with Crippen LogP contribution in [0.1, 0.15) is 44.2 Å². The molecule has 1 aromatic rings. The second kappa shape index (κ2) is 6.02. The van der Waals surface area contributed by atoms with Gasteiger partial charge in [0.05, 0.1) is 24.5 Å². The molecule has 0 spiro atoms. The minimum Gasteiger partial charge on any atom is -0.377 e. The van der Waals surface area contributed by atoms with E-state index in [9.17, 15) is 4.79 Å². The van der Waals surface area contributed by atoms with E-state index in [0.717, 1.165) is 22.9 Å². The van der Waals surface area contributed by atoms with Crippen molar-refractivity contribution in [3.8, 4) is 0 Å². The summed E-state index contributed by atoms with van der Waals surface area (Å²) in [6, 6.07) is 8.18. The number of nitrogens with zero attached hydrogens (tertiary/aromatic N) is 2. The fourth-order valence-electron chi connectivity index (χ4n) is 4.28. The van der Waals surface area contributed by atoms with Crippen LogP contribution in [0.2, 0.25) is 0 Å². The van der Waals surface area contributed by atoms with Gasteiger partial charge in [-0.2, -0.15) is 5.10 Å². The molecule has 0 bridgehead atoms. The molecule has 1 saturated heterocycles. The number of carbonyl (C=O) groups is 1. The standard InChI is InChI=1S/C18H21BrN2O2/c1-11(22)21-18(12-6-8-13(19)9-7-12)15-10-23-16-5-3-2-4-14(16)17(15)20-21/h6-9,14-16,18H,2-5,10H2,1H3. The predicted molar refractivity (Wildman–Crippen MR) is 92.0 cm³/mol. The van der Waals surface area contributed by atoms with Gasteiger partial charge in [0.15, 0.2) is 0 Å². The van der Waals surface area contributed by atoms with E-state index in [1.165, 1.54) is 18.6 Å². The van der Waals surface area contributed by atoms with Crippen LogP contribution >= 0.6 is 15.9 Å². The normalized spacial score (nSPS) is 33.0. The lowest BCUT2D eigenvalue weighted by atomic mass is 9.75. The lowest BCUT2D eigenvalue weighted by Crippen LogP contribution is -2.44. The van der Waals surface area contributed by atoms with Crippen molar-refractivity contribution in [1.29, 1.82) is 0 Å². The van der Waals surface area contributed by atoms with E-state index in [2.05, 4.69) is 28.1 Å². The van der Waals surface area contributed by atoms with Gasteiger partial charge < -0.3 is 4.74 Å². The van der Waals surface area contributed by atoms with Crippen LogP contribution in [-0.4, -0.2) is 29.3 Å². The summed E-state index contributed by atoms with van der Waals surface area (Å²) in [6.45, 7) is 2.27. The molecular weight excluding hydrogens is 356 g/mol. The number of hydrogen-bond acceptors (Lipinski definition) is 3. The maximum atomic E-state index is 12.2. The Kier molecular flexibility index (Phi) is 4.01. The zero-order valence-electron chi connectivity index (χ0n) is 13.2. The van der Waals surface area contributed by atoms with E-state index in [1.807, 2.05) is 12.1 Å². The third-order valence-corrected chi connectivity index (χ3v) is 5.88. The first-order chi connectivity index (χ1) is 11.1. The quantitative estimate of drug-likeness (QED) is 0.745. The fourth-order valence-corrected chi connectivity index (χ4v) is 4.54. The van der Waals surface area contributed by atoms with Crippen LogP contribution in [0.25, 0.3) is 0 Å². The SMILES string of the molecule is CC(=O)N1N=C2C3CCCCC3OCC2C1c1ccc(Br)cc1. The lowest BCUT2D eigenvalue weighted by Gasteiger charge is -2.39. The van der Waals surface area contributed by atoms with Crippen LogP contribution in [-0.2, 0) is 9.53 Å². The molecule has 4 nitrogen and oxygen atoms in total. The number of benzene rings is 1. The van der Waals surface area contributed by atoms with Crippen molar-refractivity contribution in [2.24, 2.45) is 16.9 Å². The largest absolute Gasteiger partial charge is 0.377 e. The number of rotatable bonds is 1. The number of fused-ring (bicyclic) bond motifs is 3. The minimum atomic E-state index is -0.0292. The molecule has 0 N–H and O–H groups in total. The number of hydrazone groups is 1. The molecule has 4 rings (SSSR count). The summed E-state index contributed by atoms with van der Waals surface area (Å²) < 4.78 is 7.21. The van der Waals surface area contributed by atoms with Crippen molar-refractivity contribution in [1.82, 2.24) is 5.01 Å². The van der Waals surface area contributed by atoms with Crippen LogP contribution in [0.5, 0.6) is 0 Å². The molecular formula is C18H21BrN2O2. The Bertz CT molecular complexity index is 643. The van der Waals surface area contributed by atoms with Crippen LogP contribution in [0.4, 0.5) is 0 Å². The molecule has 23 heavy (non-hydrogen) atoms. The zero-order chi connectivity index (χ0) is 16.0. The number of ether oxygens (including phenoxy) is 1. The first-order valence-electron chi connectivity index (χ1n) is 8.40. The Morgan fingerprint density at radius 1 is 1.22 bits per heavy atom. The van der Waals surface area contributed by atoms with Crippen molar-refractivity contribution >= 4 is 27.5 Å². The molecule has 2 heterocycles. The molecule has 1 amide bonds. The average molecular weight is 377 g/mol. The van der Waals surface area contributed by atoms with Gasteiger partial charge in [-0.25, -0.2) is 5.01 Å². The van der Waals surface area contributed by atoms with Crippen LogP contribution in [0.3, 0.4) is 0 Å². The van der Waals surface area contributed by atoms with Gasteiger partial charge in [0.1, 0.15) is 0 Å². The number of carbonyl (C=O) groups excluding carboxylic acids is 1. The second-order valence-corrected chi connectivity index (χ2v) is 7.67. The van der Waals surface area contributed by atoms with E-state index < -0.39 is 0 Å². The molecule has 3 aliphatic rings. The molecule has 2 aliphatic heterocycles. The highest BCUT2D eigenvalue weighted by molar-refractivity contribution is 9.10. The summed E-state index contributed by atoms with van der Waals surface area (Å²) in [5.74, 6) is 0.594. The summed E-state index contributed by atoms with van der Waals surface area (Å²) in [6.07, 6.45) is 5.04. The molecule has 1 saturated carbocycles. The van der Waals surface area contributed by atoms with Crippen molar-refractivity contribution < 1.29 is 9.53 Å². The molecule has 1 aromatic carbocycles. The van der Waals surface area contributed by atoms with Gasteiger partial charge in [0.25, 0.3) is 0 Å². The summed E-state index contributed by atoms with van der Waals surface area (Å²) >= 11 is 3.48. The maximum Gasteiger partial charge on any atom is 0.240 e. The minimum absolute atomic E-state index is 0.00665. The van der Waals surface area contributed by atoms with Crippen molar-refractivity contribution in [3.63, 3.8) is 0 Å². The summed E-state index contributed by atoms with van der Waals surface area (Å²) in [5, 5.41) is 6.47. The Labute approximate surface area is 145 Å². The zero-order valence-corrected chi connectivity index (χ0v) is 14.8. The second-order valence-electron chi connectivity index (χ2n) is 6.75. The van der Waals surface area contributed by atoms with Gasteiger partial charge in [-0.3, -0.25) is 4.79 Å². The summed E-state index contributed by atoms with van der Waals surface area (Å²) in [7, 11) is 0. The third kappa shape index (κ3) is 2.64. The van der Waals surface area contributed by atoms with E-state index in [0.29, 0.717) is 18.6 Å². The smallest absolute Gasteiger partial charge is 0.240 e. The highest BCUT2D eigenvalue weighted by atomic mass is 79.9. The fraction of sp³-hybridized carbons (Fsp3) is 0.556. The van der Waals surface area contributed by atoms with Gasteiger partial charge >= 0.3 is 0 Å². The van der Waals surface area contributed by atoms with Crippen molar-refractivity contribution in [2.75, 3.05) is 6.61 Å². The Morgan fingerprint density at radius 3 is 2.70 bits per heavy atom. The third-order valence-electron chi connectivity index (χ3n) is 5.35. The molecule has 4 atom stereocenters. The summed E-state index contributed by atoms with van der Waals surface area (Å²) in [5.41, 5.74) is 2.33. The van der Waals surface area contributed by atoms with Crippen molar-refractivity contribution in [2.45, 2.75) is 44.8 Å². The van der Waals surface area contributed by atoms with Gasteiger partial charge in [-0.1, -0.05) is 40.9 Å². The summed E-state index contributed by atoms with van der Waals surface area (Å²) in [4.78, 5) is 12.2. The van der Waals surface area contributed by atoms with Crippen LogP contribution in [0, 0.1) is 11.8 Å². The molecule has 0 aromatic heterocycles. The van der Waals surface area contributed by atoms with E-state index in [4.69, 9.17) is 9.84 Å². The molecule has 5 heteroatoms. The van der Waals surface area contributed by atoms with Gasteiger partial charge in [-0.15, -0.1) is 0 Å². The van der Waals surface area contributed by atoms with Crippen LogP contribution in [0.15, 0.2) is 33.8 Å². The monoisotopic (exact) mass is 376 g/mol. The number of amides is 1. The molecule has 4 unspecified atom stereocenters. The number of halogens is 1. The predicted octanol–water partition coefficient (Wildman–Crippen LogP) is 3.91. The molecule has 0 radical (unpaired) electrons. The first kappa shape index (κ1) is 15.3. The van der Waals surface area contributed by atoms with E-state index in [1.54, 1.807) is 11.9 Å². The lowest BCUT2D eigenvalue weighted by molar-refractivity contribution is -0.131. The highest BCUT2D eigenvalue weighted by Crippen LogP contribution is 2.45. The Balaban J connectivity index is 1.70. The van der Waals surface area contributed by atoms with Crippen LogP contribution < -0.4 is 0 Å². The Hall–Kier alpha value is -1.20.